The molecule has 16 heavy (non-hydrogen) atoms. The third-order valence-corrected chi connectivity index (χ3v) is 3.69. The Bertz CT molecular complexity index is 269. The summed E-state index contributed by atoms with van der Waals surface area (Å²) in [6, 6.07) is -0.794. The third kappa shape index (κ3) is 2.74. The molecule has 1 rings (SSSR count). The summed E-state index contributed by atoms with van der Waals surface area (Å²) >= 11 is 0. The van der Waals surface area contributed by atoms with Crippen LogP contribution in [0, 0.1) is 5.41 Å². The van der Waals surface area contributed by atoms with Crippen LogP contribution in [0.4, 0.5) is 0 Å². The zero-order valence-electron chi connectivity index (χ0n) is 10.1. The topological polar surface area (TPSA) is 66.4 Å². The number of carbonyl (C=O) groups is 2. The van der Waals surface area contributed by atoms with E-state index in [2.05, 4.69) is 5.32 Å². The Morgan fingerprint density at radius 1 is 1.31 bits per heavy atom. The van der Waals surface area contributed by atoms with Gasteiger partial charge in [-0.05, 0) is 26.2 Å². The molecule has 1 amide bonds. The summed E-state index contributed by atoms with van der Waals surface area (Å²) in [5.74, 6) is -1.06. The SMILES string of the molecule is CCC1(C(=O)N[C@@H](C)C(=O)O)CCCCC1. The zero-order chi connectivity index (χ0) is 12.2. The predicted molar refractivity (Wildman–Crippen MR) is 61.0 cm³/mol. The van der Waals surface area contributed by atoms with E-state index in [0.29, 0.717) is 0 Å². The zero-order valence-corrected chi connectivity index (χ0v) is 10.1. The molecule has 0 saturated heterocycles. The molecule has 1 saturated carbocycles. The maximum absolute atomic E-state index is 12.1. The number of hydrogen-bond acceptors (Lipinski definition) is 2. The number of carbonyl (C=O) groups excluding carboxylic acids is 1. The molecule has 0 bridgehead atoms. The van der Waals surface area contributed by atoms with Crippen LogP contribution in [0.3, 0.4) is 0 Å². The molecule has 4 heteroatoms. The Labute approximate surface area is 96.4 Å². The molecule has 4 nitrogen and oxygen atoms in total. The quantitative estimate of drug-likeness (QED) is 0.771. The average molecular weight is 227 g/mol. The molecule has 0 heterocycles. The van der Waals surface area contributed by atoms with E-state index in [0.717, 1.165) is 32.1 Å². The lowest BCUT2D eigenvalue weighted by molar-refractivity contribution is -0.144. The first-order valence-corrected chi connectivity index (χ1v) is 6.05. The van der Waals surface area contributed by atoms with E-state index < -0.39 is 12.0 Å². The maximum Gasteiger partial charge on any atom is 0.325 e. The molecule has 1 fully saturated rings. The Morgan fingerprint density at radius 3 is 2.31 bits per heavy atom. The Morgan fingerprint density at radius 2 is 1.88 bits per heavy atom. The van der Waals surface area contributed by atoms with Crippen LogP contribution in [0.15, 0.2) is 0 Å². The Hall–Kier alpha value is -1.06. The van der Waals surface area contributed by atoms with Gasteiger partial charge in [-0.2, -0.15) is 0 Å². The first-order chi connectivity index (χ1) is 7.52. The van der Waals surface area contributed by atoms with Crippen molar-refractivity contribution in [2.24, 2.45) is 5.41 Å². The lowest BCUT2D eigenvalue weighted by Crippen LogP contribution is -2.47. The van der Waals surface area contributed by atoms with Gasteiger partial charge in [0, 0.05) is 5.41 Å². The van der Waals surface area contributed by atoms with Gasteiger partial charge in [-0.1, -0.05) is 26.2 Å². The van der Waals surface area contributed by atoms with Crippen molar-refractivity contribution < 1.29 is 14.7 Å². The number of nitrogens with one attached hydrogen (secondary N) is 1. The second-order valence-corrected chi connectivity index (χ2v) is 4.73. The fraction of sp³-hybridized carbons (Fsp3) is 0.833. The van der Waals surface area contributed by atoms with E-state index >= 15 is 0 Å². The van der Waals surface area contributed by atoms with Gasteiger partial charge in [0.1, 0.15) is 6.04 Å². The highest BCUT2D eigenvalue weighted by Crippen LogP contribution is 2.39. The lowest BCUT2D eigenvalue weighted by atomic mass is 9.71. The van der Waals surface area contributed by atoms with Crippen LogP contribution >= 0.6 is 0 Å². The first-order valence-electron chi connectivity index (χ1n) is 6.05. The summed E-state index contributed by atoms with van der Waals surface area (Å²) < 4.78 is 0. The van der Waals surface area contributed by atoms with Crippen LogP contribution < -0.4 is 5.32 Å². The van der Waals surface area contributed by atoms with Crippen molar-refractivity contribution in [2.75, 3.05) is 0 Å². The van der Waals surface area contributed by atoms with Crippen LogP contribution in [0.5, 0.6) is 0 Å². The highest BCUT2D eigenvalue weighted by atomic mass is 16.4. The van der Waals surface area contributed by atoms with E-state index in [9.17, 15) is 9.59 Å². The van der Waals surface area contributed by atoms with Gasteiger partial charge < -0.3 is 10.4 Å². The molecular formula is C12H21NO3. The smallest absolute Gasteiger partial charge is 0.325 e. The molecule has 92 valence electrons. The van der Waals surface area contributed by atoms with Crippen molar-refractivity contribution >= 4 is 11.9 Å². The van der Waals surface area contributed by atoms with Crippen molar-refractivity contribution in [3.63, 3.8) is 0 Å². The first kappa shape index (κ1) is 13.0. The summed E-state index contributed by atoms with van der Waals surface area (Å²) in [4.78, 5) is 22.8. The molecule has 0 radical (unpaired) electrons. The molecule has 1 aliphatic carbocycles. The van der Waals surface area contributed by atoms with E-state index in [1.807, 2.05) is 6.92 Å². The largest absolute Gasteiger partial charge is 0.480 e. The molecule has 0 aromatic carbocycles. The molecule has 2 N–H and O–H groups in total. The molecule has 0 aliphatic heterocycles. The van der Waals surface area contributed by atoms with Gasteiger partial charge in [0.25, 0.3) is 0 Å². The molecular weight excluding hydrogens is 206 g/mol. The molecule has 1 aliphatic rings. The second-order valence-electron chi connectivity index (χ2n) is 4.73. The number of amides is 1. The van der Waals surface area contributed by atoms with Gasteiger partial charge in [-0.25, -0.2) is 0 Å². The van der Waals surface area contributed by atoms with Crippen LogP contribution in [-0.2, 0) is 9.59 Å². The van der Waals surface area contributed by atoms with E-state index in [1.54, 1.807) is 0 Å². The monoisotopic (exact) mass is 227 g/mol. The van der Waals surface area contributed by atoms with E-state index in [4.69, 9.17) is 5.11 Å². The number of rotatable bonds is 4. The average Bonchev–Trinajstić information content (AvgIpc) is 2.29. The minimum atomic E-state index is -0.976. The van der Waals surface area contributed by atoms with Crippen LogP contribution in [0.1, 0.15) is 52.4 Å². The highest BCUT2D eigenvalue weighted by Gasteiger charge is 2.38. The molecule has 0 aromatic rings. The van der Waals surface area contributed by atoms with E-state index in [-0.39, 0.29) is 11.3 Å². The standard InChI is InChI=1S/C12H21NO3/c1-3-12(7-5-4-6-8-12)11(16)13-9(2)10(14)15/h9H,3-8H2,1-2H3,(H,13,16)(H,14,15)/t9-/m0/s1. The maximum atomic E-state index is 12.1. The minimum Gasteiger partial charge on any atom is -0.480 e. The van der Waals surface area contributed by atoms with Crippen LogP contribution in [-0.4, -0.2) is 23.0 Å². The highest BCUT2D eigenvalue weighted by molar-refractivity contribution is 5.87. The second kappa shape index (κ2) is 5.32. The fourth-order valence-electron chi connectivity index (χ4n) is 2.38. The van der Waals surface area contributed by atoms with Crippen LogP contribution in [0.25, 0.3) is 0 Å². The molecule has 0 unspecified atom stereocenters. The van der Waals surface area contributed by atoms with Crippen molar-refractivity contribution in [1.29, 1.82) is 0 Å². The van der Waals surface area contributed by atoms with E-state index in [1.165, 1.54) is 13.3 Å². The summed E-state index contributed by atoms with van der Waals surface area (Å²) in [5.41, 5.74) is -0.317. The Kier molecular flexibility index (Phi) is 4.33. The number of carboxylic acids is 1. The summed E-state index contributed by atoms with van der Waals surface area (Å²) in [5, 5.41) is 11.4. The minimum absolute atomic E-state index is 0.0791. The molecule has 0 spiro atoms. The number of aliphatic carboxylic acids is 1. The fourth-order valence-corrected chi connectivity index (χ4v) is 2.38. The van der Waals surface area contributed by atoms with Crippen molar-refractivity contribution in [3.05, 3.63) is 0 Å². The van der Waals surface area contributed by atoms with Gasteiger partial charge in [-0.15, -0.1) is 0 Å². The molecule has 0 aromatic heterocycles. The van der Waals surface area contributed by atoms with Crippen molar-refractivity contribution in [3.8, 4) is 0 Å². The van der Waals surface area contributed by atoms with Crippen LogP contribution in [0.2, 0.25) is 0 Å². The lowest BCUT2D eigenvalue weighted by Gasteiger charge is -2.35. The van der Waals surface area contributed by atoms with Gasteiger partial charge in [0.05, 0.1) is 0 Å². The van der Waals surface area contributed by atoms with Gasteiger partial charge >= 0.3 is 5.97 Å². The Balaban J connectivity index is 2.65. The summed E-state index contributed by atoms with van der Waals surface area (Å²) in [6.07, 6.45) is 5.91. The summed E-state index contributed by atoms with van der Waals surface area (Å²) in [6.45, 7) is 3.52. The van der Waals surface area contributed by atoms with Crippen molar-refractivity contribution in [1.82, 2.24) is 5.32 Å². The third-order valence-electron chi connectivity index (χ3n) is 3.69. The normalized spacial score (nSPS) is 21.1. The summed E-state index contributed by atoms with van der Waals surface area (Å²) in [7, 11) is 0. The van der Waals surface area contributed by atoms with Gasteiger partial charge in [0.15, 0.2) is 0 Å². The number of carboxylic acid groups (broad SMARTS) is 1. The van der Waals surface area contributed by atoms with Gasteiger partial charge in [-0.3, -0.25) is 9.59 Å². The number of hydrogen-bond donors (Lipinski definition) is 2. The molecule has 1 atom stereocenters. The van der Waals surface area contributed by atoms with Crippen molar-refractivity contribution in [2.45, 2.75) is 58.4 Å². The van der Waals surface area contributed by atoms with Gasteiger partial charge in [0.2, 0.25) is 5.91 Å². The predicted octanol–water partition coefficient (Wildman–Crippen LogP) is 1.94.